The van der Waals surface area contributed by atoms with Crippen LogP contribution in [0.4, 0.5) is 14.5 Å². The zero-order chi connectivity index (χ0) is 22.9. The van der Waals surface area contributed by atoms with E-state index in [0.29, 0.717) is 6.04 Å². The number of amides is 1. The molecule has 2 aliphatic rings. The van der Waals surface area contributed by atoms with Crippen LogP contribution in [-0.4, -0.2) is 27.3 Å². The second-order valence-electron chi connectivity index (χ2n) is 8.95. The van der Waals surface area contributed by atoms with Crippen molar-refractivity contribution in [1.82, 2.24) is 9.55 Å². The van der Waals surface area contributed by atoms with Crippen LogP contribution >= 0.6 is 11.8 Å². The Bertz CT molecular complexity index is 1150. The molecule has 0 spiro atoms. The van der Waals surface area contributed by atoms with E-state index < -0.39 is 0 Å². The summed E-state index contributed by atoms with van der Waals surface area (Å²) < 4.78 is 29.4. The molecule has 172 valence electrons. The van der Waals surface area contributed by atoms with Crippen LogP contribution in [0.2, 0.25) is 0 Å². The number of hydrogen-bond acceptors (Lipinski definition) is 3. The van der Waals surface area contributed by atoms with Crippen LogP contribution in [0.25, 0.3) is 11.3 Å². The predicted octanol–water partition coefficient (Wildman–Crippen LogP) is 6.40. The number of aryl methyl sites for hydroxylation is 1. The molecule has 1 aliphatic carbocycles. The third-order valence-electron chi connectivity index (χ3n) is 6.76. The lowest BCUT2D eigenvalue weighted by Gasteiger charge is -2.35. The molecule has 1 amide bonds. The summed E-state index contributed by atoms with van der Waals surface area (Å²) in [4.78, 5) is 19.8. The molecule has 1 fully saturated rings. The highest BCUT2D eigenvalue weighted by Crippen LogP contribution is 2.38. The third-order valence-corrected chi connectivity index (χ3v) is 7.71. The summed E-state index contributed by atoms with van der Waals surface area (Å²) in [6.07, 6.45) is 7.93. The standard InChI is InChI=1S/C26H27F2N3OS/c1-17-6-7-19-14-21(28)12-13-23(19)30(17)25(32)16-33-26-29-15-24(18-8-10-20(27)11-9-18)31(26)22-4-2-3-5-22/h8-15,17,22H,2-7,16H2,1H3. The number of imidazole rings is 1. The molecule has 2 heterocycles. The number of anilines is 1. The number of aromatic nitrogens is 2. The maximum absolute atomic E-state index is 13.7. The molecule has 5 rings (SSSR count). The van der Waals surface area contributed by atoms with Gasteiger partial charge >= 0.3 is 0 Å². The van der Waals surface area contributed by atoms with Gasteiger partial charge < -0.3 is 9.47 Å². The number of benzene rings is 2. The first-order valence-corrected chi connectivity index (χ1v) is 12.6. The summed E-state index contributed by atoms with van der Waals surface area (Å²) in [5.41, 5.74) is 3.59. The number of rotatable bonds is 5. The van der Waals surface area contributed by atoms with Crippen LogP contribution in [0.5, 0.6) is 0 Å². The second-order valence-corrected chi connectivity index (χ2v) is 9.90. The highest BCUT2D eigenvalue weighted by atomic mass is 32.2. The lowest BCUT2D eigenvalue weighted by molar-refractivity contribution is -0.116. The van der Waals surface area contributed by atoms with E-state index in [1.165, 1.54) is 48.9 Å². The molecule has 2 aromatic carbocycles. The first-order chi connectivity index (χ1) is 16.0. The minimum atomic E-state index is -0.267. The Morgan fingerprint density at radius 3 is 2.55 bits per heavy atom. The zero-order valence-electron chi connectivity index (χ0n) is 18.6. The lowest BCUT2D eigenvalue weighted by atomic mass is 9.96. The highest BCUT2D eigenvalue weighted by Gasteiger charge is 2.30. The van der Waals surface area contributed by atoms with Gasteiger partial charge in [-0.1, -0.05) is 24.6 Å². The molecule has 3 aromatic rings. The van der Waals surface area contributed by atoms with Gasteiger partial charge in [-0.05, 0) is 86.2 Å². The molecule has 1 atom stereocenters. The van der Waals surface area contributed by atoms with Gasteiger partial charge in [0, 0.05) is 17.8 Å². The molecule has 0 saturated heterocycles. The summed E-state index contributed by atoms with van der Waals surface area (Å²) in [5, 5.41) is 0.818. The Balaban J connectivity index is 1.40. The highest BCUT2D eigenvalue weighted by molar-refractivity contribution is 7.99. The van der Waals surface area contributed by atoms with Gasteiger partial charge in [-0.15, -0.1) is 0 Å². The van der Waals surface area contributed by atoms with Crippen molar-refractivity contribution in [2.24, 2.45) is 0 Å². The fraction of sp³-hybridized carbons (Fsp3) is 0.385. The topological polar surface area (TPSA) is 38.1 Å². The summed E-state index contributed by atoms with van der Waals surface area (Å²) >= 11 is 1.45. The Morgan fingerprint density at radius 1 is 1.06 bits per heavy atom. The van der Waals surface area contributed by atoms with Crippen LogP contribution in [0.1, 0.15) is 50.6 Å². The Labute approximate surface area is 197 Å². The van der Waals surface area contributed by atoms with E-state index in [9.17, 15) is 13.6 Å². The van der Waals surface area contributed by atoms with Gasteiger partial charge in [0.05, 0.1) is 17.6 Å². The molecule has 1 unspecified atom stereocenters. The molecule has 1 saturated carbocycles. The van der Waals surface area contributed by atoms with Crippen molar-refractivity contribution in [1.29, 1.82) is 0 Å². The number of nitrogens with zero attached hydrogens (tertiary/aromatic N) is 3. The van der Waals surface area contributed by atoms with Crippen LogP contribution in [-0.2, 0) is 11.2 Å². The van der Waals surface area contributed by atoms with E-state index in [0.717, 1.165) is 53.3 Å². The Morgan fingerprint density at radius 2 is 1.79 bits per heavy atom. The first kappa shape index (κ1) is 22.1. The molecular formula is C26H27F2N3OS. The number of carbonyl (C=O) groups excluding carboxylic acids is 1. The second kappa shape index (κ2) is 9.29. The van der Waals surface area contributed by atoms with Gasteiger partial charge in [0.15, 0.2) is 5.16 Å². The Kier molecular flexibility index (Phi) is 6.23. The SMILES string of the molecule is CC1CCc2cc(F)ccc2N1C(=O)CSc1ncc(-c2ccc(F)cc2)n1C1CCCC1. The molecular weight excluding hydrogens is 440 g/mol. The normalized spacial score (nSPS) is 18.5. The summed E-state index contributed by atoms with van der Waals surface area (Å²) in [7, 11) is 0. The molecule has 0 N–H and O–H groups in total. The van der Waals surface area contributed by atoms with Crippen molar-refractivity contribution in [2.75, 3.05) is 10.7 Å². The first-order valence-electron chi connectivity index (χ1n) is 11.6. The fourth-order valence-corrected chi connectivity index (χ4v) is 6.00. The number of hydrogen-bond donors (Lipinski definition) is 0. The van der Waals surface area contributed by atoms with E-state index >= 15 is 0 Å². The van der Waals surface area contributed by atoms with Crippen molar-refractivity contribution in [3.05, 3.63) is 65.9 Å². The summed E-state index contributed by atoms with van der Waals surface area (Å²) in [6.45, 7) is 2.04. The van der Waals surface area contributed by atoms with Crippen molar-refractivity contribution in [3.8, 4) is 11.3 Å². The minimum Gasteiger partial charge on any atom is -0.316 e. The van der Waals surface area contributed by atoms with Crippen LogP contribution in [0.3, 0.4) is 0 Å². The molecule has 1 aromatic heterocycles. The maximum Gasteiger partial charge on any atom is 0.237 e. The fourth-order valence-electron chi connectivity index (χ4n) is 5.10. The molecule has 33 heavy (non-hydrogen) atoms. The minimum absolute atomic E-state index is 0.00404. The van der Waals surface area contributed by atoms with Crippen LogP contribution in [0, 0.1) is 11.6 Å². The van der Waals surface area contributed by atoms with Gasteiger partial charge in [0.2, 0.25) is 5.91 Å². The van der Waals surface area contributed by atoms with Gasteiger partial charge in [0.1, 0.15) is 11.6 Å². The average Bonchev–Trinajstić information content (AvgIpc) is 3.48. The zero-order valence-corrected chi connectivity index (χ0v) is 19.5. The quantitative estimate of drug-likeness (QED) is 0.407. The van der Waals surface area contributed by atoms with E-state index in [1.54, 1.807) is 18.2 Å². The maximum atomic E-state index is 13.7. The van der Waals surface area contributed by atoms with Crippen molar-refractivity contribution in [2.45, 2.75) is 62.7 Å². The molecule has 4 nitrogen and oxygen atoms in total. The largest absolute Gasteiger partial charge is 0.316 e. The smallest absolute Gasteiger partial charge is 0.237 e. The van der Waals surface area contributed by atoms with E-state index in [2.05, 4.69) is 9.55 Å². The summed E-state index contributed by atoms with van der Waals surface area (Å²) in [6, 6.07) is 11.6. The number of fused-ring (bicyclic) bond motifs is 1. The van der Waals surface area contributed by atoms with Gasteiger partial charge in [-0.25, -0.2) is 13.8 Å². The Hall–Kier alpha value is -2.67. The molecule has 0 radical (unpaired) electrons. The van der Waals surface area contributed by atoms with Gasteiger partial charge in [-0.2, -0.15) is 0 Å². The molecule has 0 bridgehead atoms. The summed E-state index contributed by atoms with van der Waals surface area (Å²) in [5.74, 6) is -0.267. The number of carbonyl (C=O) groups is 1. The lowest BCUT2D eigenvalue weighted by Crippen LogP contribution is -2.43. The van der Waals surface area contributed by atoms with Gasteiger partial charge in [-0.3, -0.25) is 4.79 Å². The van der Waals surface area contributed by atoms with Gasteiger partial charge in [0.25, 0.3) is 0 Å². The van der Waals surface area contributed by atoms with Crippen molar-refractivity contribution >= 4 is 23.4 Å². The molecule has 1 aliphatic heterocycles. The monoisotopic (exact) mass is 467 g/mol. The van der Waals surface area contributed by atoms with E-state index in [4.69, 9.17) is 0 Å². The number of thioether (sulfide) groups is 1. The number of halogens is 2. The van der Waals surface area contributed by atoms with E-state index in [-0.39, 0.29) is 29.3 Å². The van der Waals surface area contributed by atoms with Crippen LogP contribution < -0.4 is 4.90 Å². The predicted molar refractivity (Wildman–Crippen MR) is 128 cm³/mol. The van der Waals surface area contributed by atoms with Crippen molar-refractivity contribution < 1.29 is 13.6 Å². The van der Waals surface area contributed by atoms with E-state index in [1.807, 2.05) is 18.0 Å². The average molecular weight is 468 g/mol. The third kappa shape index (κ3) is 4.43. The molecule has 7 heteroatoms. The van der Waals surface area contributed by atoms with Crippen LogP contribution in [0.15, 0.2) is 53.8 Å². The van der Waals surface area contributed by atoms with Crippen molar-refractivity contribution in [3.63, 3.8) is 0 Å².